The fourth-order valence-electron chi connectivity index (χ4n) is 3.97. The molecule has 2 heteroatoms. The van der Waals surface area contributed by atoms with Crippen LogP contribution in [-0.2, 0) is 4.79 Å². The number of aliphatic carboxylic acids is 1. The Morgan fingerprint density at radius 1 is 0.720 bits per heavy atom. The van der Waals surface area contributed by atoms with Crippen molar-refractivity contribution >= 4 is 5.97 Å². The van der Waals surface area contributed by atoms with E-state index in [1.54, 1.807) is 0 Å². The molecule has 1 N–H and O–H groups in total. The molecule has 0 aliphatic heterocycles. The Morgan fingerprint density at radius 2 is 1.24 bits per heavy atom. The second kappa shape index (κ2) is 12.1. The number of carboxylic acids is 1. The highest BCUT2D eigenvalue weighted by molar-refractivity contribution is 5.92. The molecular formula is C23H36O2. The van der Waals surface area contributed by atoms with Crippen molar-refractivity contribution in [2.24, 2.45) is 0 Å². The van der Waals surface area contributed by atoms with Crippen LogP contribution in [0.1, 0.15) is 103 Å². The van der Waals surface area contributed by atoms with Crippen LogP contribution in [0, 0.1) is 0 Å². The largest absolute Gasteiger partial charge is 0.478 e. The van der Waals surface area contributed by atoms with Gasteiger partial charge in [0.1, 0.15) is 0 Å². The minimum atomic E-state index is -0.749. The molecule has 0 spiro atoms. The maximum Gasteiger partial charge on any atom is 0.335 e. The van der Waals surface area contributed by atoms with Gasteiger partial charge >= 0.3 is 5.97 Å². The van der Waals surface area contributed by atoms with Crippen LogP contribution in [0.3, 0.4) is 0 Å². The SMILES string of the molecule is O=C(O)C(=CC1=CCCCCCCCC1)C1=CCCCCCCCC1. The zero-order valence-corrected chi connectivity index (χ0v) is 15.9. The Bertz CT molecular complexity index is 496. The first-order chi connectivity index (χ1) is 12.3. The summed E-state index contributed by atoms with van der Waals surface area (Å²) >= 11 is 0. The second-order valence-electron chi connectivity index (χ2n) is 7.69. The summed E-state index contributed by atoms with van der Waals surface area (Å²) in [7, 11) is 0. The average molecular weight is 345 g/mol. The van der Waals surface area contributed by atoms with E-state index in [1.807, 2.05) is 6.08 Å². The van der Waals surface area contributed by atoms with Crippen LogP contribution in [-0.4, -0.2) is 11.1 Å². The van der Waals surface area contributed by atoms with Gasteiger partial charge in [-0.2, -0.15) is 0 Å². The van der Waals surface area contributed by atoms with E-state index in [9.17, 15) is 9.90 Å². The lowest BCUT2D eigenvalue weighted by atomic mass is 9.92. The molecule has 0 fully saturated rings. The lowest BCUT2D eigenvalue weighted by Gasteiger charge is -2.13. The van der Waals surface area contributed by atoms with Crippen LogP contribution in [0.4, 0.5) is 0 Å². The number of rotatable bonds is 3. The van der Waals surface area contributed by atoms with Crippen LogP contribution in [0.25, 0.3) is 0 Å². The molecule has 2 rings (SSSR count). The van der Waals surface area contributed by atoms with E-state index < -0.39 is 5.97 Å². The summed E-state index contributed by atoms with van der Waals surface area (Å²) in [5.74, 6) is -0.749. The highest BCUT2D eigenvalue weighted by atomic mass is 16.4. The van der Waals surface area contributed by atoms with Gasteiger partial charge in [-0.05, 0) is 63.0 Å². The monoisotopic (exact) mass is 344 g/mol. The van der Waals surface area contributed by atoms with Crippen LogP contribution >= 0.6 is 0 Å². The van der Waals surface area contributed by atoms with Gasteiger partial charge < -0.3 is 5.11 Å². The zero-order valence-electron chi connectivity index (χ0n) is 15.9. The predicted molar refractivity (Wildman–Crippen MR) is 106 cm³/mol. The summed E-state index contributed by atoms with van der Waals surface area (Å²) in [6.07, 6.45) is 25.7. The quantitative estimate of drug-likeness (QED) is 0.553. The van der Waals surface area contributed by atoms with Gasteiger partial charge in [0.2, 0.25) is 0 Å². The van der Waals surface area contributed by atoms with E-state index in [0.29, 0.717) is 5.57 Å². The normalized spacial score (nSPS) is 22.5. The lowest BCUT2D eigenvalue weighted by molar-refractivity contribution is -0.132. The topological polar surface area (TPSA) is 37.3 Å². The molecule has 0 heterocycles. The summed E-state index contributed by atoms with van der Waals surface area (Å²) in [6.45, 7) is 0. The van der Waals surface area contributed by atoms with E-state index in [1.165, 1.54) is 76.2 Å². The first kappa shape index (κ1) is 20.0. The number of hydrogen-bond donors (Lipinski definition) is 1. The molecule has 25 heavy (non-hydrogen) atoms. The van der Waals surface area contributed by atoms with Crippen molar-refractivity contribution in [2.45, 2.75) is 103 Å². The third-order valence-corrected chi connectivity index (χ3v) is 5.52. The van der Waals surface area contributed by atoms with Crippen molar-refractivity contribution in [1.82, 2.24) is 0 Å². The molecule has 0 saturated carbocycles. The second-order valence-corrected chi connectivity index (χ2v) is 7.69. The predicted octanol–water partition coefficient (Wildman–Crippen LogP) is 7.12. The standard InChI is InChI=1S/C23H36O2/c24-23(25)22(21-17-13-9-5-2-6-10-14-18-21)19-20-15-11-7-3-1-4-8-12-16-20/h15,17,19H,1-14,16,18H2,(H,24,25). The fraction of sp³-hybridized carbons (Fsp3) is 0.696. The van der Waals surface area contributed by atoms with Crippen molar-refractivity contribution in [2.75, 3.05) is 0 Å². The summed E-state index contributed by atoms with van der Waals surface area (Å²) in [4.78, 5) is 12.0. The molecule has 0 unspecified atom stereocenters. The molecular weight excluding hydrogens is 308 g/mol. The first-order valence-corrected chi connectivity index (χ1v) is 10.6. The van der Waals surface area contributed by atoms with Crippen molar-refractivity contribution in [3.05, 3.63) is 34.9 Å². The third kappa shape index (κ3) is 8.07. The molecule has 0 amide bonds. The van der Waals surface area contributed by atoms with Gasteiger partial charge in [-0.15, -0.1) is 0 Å². The molecule has 0 aromatic carbocycles. The zero-order chi connectivity index (χ0) is 17.7. The smallest absolute Gasteiger partial charge is 0.335 e. The van der Waals surface area contributed by atoms with Crippen LogP contribution in [0.2, 0.25) is 0 Å². The fourth-order valence-corrected chi connectivity index (χ4v) is 3.97. The van der Waals surface area contributed by atoms with E-state index in [4.69, 9.17) is 0 Å². The van der Waals surface area contributed by atoms with Crippen molar-refractivity contribution in [3.8, 4) is 0 Å². The van der Waals surface area contributed by atoms with Crippen LogP contribution in [0.5, 0.6) is 0 Å². The van der Waals surface area contributed by atoms with Crippen LogP contribution < -0.4 is 0 Å². The van der Waals surface area contributed by atoms with E-state index in [-0.39, 0.29) is 0 Å². The summed E-state index contributed by atoms with van der Waals surface area (Å²) in [6, 6.07) is 0. The van der Waals surface area contributed by atoms with Gasteiger partial charge in [0.15, 0.2) is 0 Å². The molecule has 0 aromatic heterocycles. The van der Waals surface area contributed by atoms with Crippen molar-refractivity contribution in [1.29, 1.82) is 0 Å². The number of allylic oxidation sites excluding steroid dienone is 4. The van der Waals surface area contributed by atoms with Gasteiger partial charge in [0.25, 0.3) is 0 Å². The van der Waals surface area contributed by atoms with E-state index in [0.717, 1.165) is 37.7 Å². The summed E-state index contributed by atoms with van der Waals surface area (Å²) < 4.78 is 0. The molecule has 0 bridgehead atoms. The van der Waals surface area contributed by atoms with Crippen LogP contribution in [0.15, 0.2) is 34.9 Å². The van der Waals surface area contributed by atoms with Gasteiger partial charge in [-0.1, -0.05) is 69.1 Å². The Labute approximate surface area is 154 Å². The minimum absolute atomic E-state index is 0.559. The molecule has 2 aliphatic rings. The highest BCUT2D eigenvalue weighted by Gasteiger charge is 2.14. The number of carboxylic acid groups (broad SMARTS) is 1. The Balaban J connectivity index is 2.17. The molecule has 0 radical (unpaired) electrons. The Morgan fingerprint density at radius 3 is 1.88 bits per heavy atom. The molecule has 2 nitrogen and oxygen atoms in total. The first-order valence-electron chi connectivity index (χ1n) is 10.6. The van der Waals surface area contributed by atoms with Gasteiger partial charge in [-0.25, -0.2) is 4.79 Å². The maximum absolute atomic E-state index is 12.0. The highest BCUT2D eigenvalue weighted by Crippen LogP contribution is 2.26. The number of hydrogen-bond acceptors (Lipinski definition) is 1. The van der Waals surface area contributed by atoms with Gasteiger partial charge in [-0.3, -0.25) is 0 Å². The molecule has 2 aliphatic carbocycles. The Hall–Kier alpha value is -1.31. The van der Waals surface area contributed by atoms with Gasteiger partial charge in [0, 0.05) is 0 Å². The summed E-state index contributed by atoms with van der Waals surface area (Å²) in [5, 5.41) is 9.83. The molecule has 0 aromatic rings. The minimum Gasteiger partial charge on any atom is -0.478 e. The molecule has 0 saturated heterocycles. The van der Waals surface area contributed by atoms with Crippen molar-refractivity contribution < 1.29 is 9.90 Å². The Kier molecular flexibility index (Phi) is 9.69. The average Bonchev–Trinajstić information content (AvgIpc) is 2.62. The molecule has 140 valence electrons. The van der Waals surface area contributed by atoms with Gasteiger partial charge in [0.05, 0.1) is 5.57 Å². The van der Waals surface area contributed by atoms with Crippen molar-refractivity contribution in [3.63, 3.8) is 0 Å². The lowest BCUT2D eigenvalue weighted by Crippen LogP contribution is -2.06. The van der Waals surface area contributed by atoms with E-state index in [2.05, 4.69) is 12.2 Å². The summed E-state index contributed by atoms with van der Waals surface area (Å²) in [5.41, 5.74) is 2.88. The van der Waals surface area contributed by atoms with E-state index >= 15 is 0 Å². The third-order valence-electron chi connectivity index (χ3n) is 5.52. The maximum atomic E-state index is 12.0. The number of carbonyl (C=O) groups is 1. The molecule has 0 atom stereocenters.